The molecular formula is C33H41FN4O4. The van der Waals surface area contributed by atoms with Crippen LogP contribution < -0.4 is 0 Å². The SMILES string of the molecule is C=C/C(=C\C=C/C)CC1(C)CC(C(/C=C/N=C(CCCCC(=O)N=O)N(C=O)/C(C=C)=C/C=C(\C)F)=C/C=C/C)=NO1. The second-order valence-electron chi connectivity index (χ2n) is 9.63. The molecule has 1 aliphatic rings. The number of carbonyl (C=O) groups is 2. The zero-order chi connectivity index (χ0) is 31.4. The number of nitrogens with zero attached hydrogens (tertiary/aromatic N) is 4. The molecule has 0 saturated carbocycles. The predicted molar refractivity (Wildman–Crippen MR) is 169 cm³/mol. The highest BCUT2D eigenvalue weighted by Crippen LogP contribution is 2.33. The first-order valence-corrected chi connectivity index (χ1v) is 13.7. The second kappa shape index (κ2) is 19.5. The minimum absolute atomic E-state index is 0.00599. The molecule has 1 rings (SSSR count). The number of allylic oxidation sites excluding steroid dienone is 13. The summed E-state index contributed by atoms with van der Waals surface area (Å²) >= 11 is 0. The van der Waals surface area contributed by atoms with E-state index in [4.69, 9.17) is 4.84 Å². The molecule has 224 valence electrons. The van der Waals surface area contributed by atoms with E-state index in [0.29, 0.717) is 43.6 Å². The minimum atomic E-state index is -0.737. The lowest BCUT2D eigenvalue weighted by Crippen LogP contribution is -2.28. The van der Waals surface area contributed by atoms with E-state index in [-0.39, 0.29) is 12.8 Å². The maximum Gasteiger partial charge on any atom is 0.286 e. The molecule has 0 N–H and O–H groups in total. The first kappa shape index (κ1) is 35.5. The number of carbonyl (C=O) groups excluding carboxylic acids is 2. The molecule has 0 bridgehead atoms. The van der Waals surface area contributed by atoms with Gasteiger partial charge in [-0.15, -0.1) is 4.91 Å². The number of amidine groups is 1. The van der Waals surface area contributed by atoms with Gasteiger partial charge < -0.3 is 4.84 Å². The summed E-state index contributed by atoms with van der Waals surface area (Å²) in [6.45, 7) is 14.8. The van der Waals surface area contributed by atoms with Crippen LogP contribution in [0.2, 0.25) is 0 Å². The fourth-order valence-corrected chi connectivity index (χ4v) is 3.91. The maximum absolute atomic E-state index is 13.4. The van der Waals surface area contributed by atoms with Crippen molar-refractivity contribution in [2.75, 3.05) is 0 Å². The van der Waals surface area contributed by atoms with Crippen molar-refractivity contribution in [3.05, 3.63) is 114 Å². The van der Waals surface area contributed by atoms with Gasteiger partial charge in [-0.25, -0.2) is 9.38 Å². The van der Waals surface area contributed by atoms with Gasteiger partial charge in [-0.2, -0.15) is 0 Å². The number of hydrogen-bond donors (Lipinski definition) is 0. The van der Waals surface area contributed by atoms with Crippen molar-refractivity contribution in [1.82, 2.24) is 4.90 Å². The molecule has 0 aromatic carbocycles. The number of halogens is 1. The highest BCUT2D eigenvalue weighted by Gasteiger charge is 2.35. The Morgan fingerprint density at radius 2 is 1.79 bits per heavy atom. The minimum Gasteiger partial charge on any atom is -0.388 e. The van der Waals surface area contributed by atoms with Gasteiger partial charge in [0.15, 0.2) is 0 Å². The number of unbranched alkanes of at least 4 members (excludes halogenated alkanes) is 1. The zero-order valence-electron chi connectivity index (χ0n) is 25.0. The van der Waals surface area contributed by atoms with Crippen LogP contribution >= 0.6 is 0 Å². The Kier molecular flexibility index (Phi) is 16.5. The normalized spacial score (nSPS) is 18.9. The second-order valence-corrected chi connectivity index (χ2v) is 9.63. The third-order valence-corrected chi connectivity index (χ3v) is 6.04. The number of nitroso groups, excluding NO2 is 1. The average Bonchev–Trinajstić information content (AvgIpc) is 3.37. The van der Waals surface area contributed by atoms with Gasteiger partial charge in [-0.1, -0.05) is 60.8 Å². The van der Waals surface area contributed by atoms with Gasteiger partial charge in [0.25, 0.3) is 5.91 Å². The molecule has 9 heteroatoms. The molecular weight excluding hydrogens is 535 g/mol. The molecule has 42 heavy (non-hydrogen) atoms. The lowest BCUT2D eigenvalue weighted by atomic mass is 9.89. The third-order valence-electron chi connectivity index (χ3n) is 6.04. The van der Waals surface area contributed by atoms with Crippen LogP contribution in [0, 0.1) is 4.91 Å². The summed E-state index contributed by atoms with van der Waals surface area (Å²) < 4.78 is 13.4. The van der Waals surface area contributed by atoms with Crippen LogP contribution in [0.1, 0.15) is 66.2 Å². The number of aliphatic imine (C=N–C) groups is 1. The molecule has 8 nitrogen and oxygen atoms in total. The molecule has 1 unspecified atom stereocenters. The predicted octanol–water partition coefficient (Wildman–Crippen LogP) is 8.27. The molecule has 1 heterocycles. The molecule has 0 saturated heterocycles. The molecule has 0 aromatic heterocycles. The van der Waals surface area contributed by atoms with Gasteiger partial charge in [0.1, 0.15) is 11.4 Å². The highest BCUT2D eigenvalue weighted by molar-refractivity contribution is 6.04. The Morgan fingerprint density at radius 1 is 1.10 bits per heavy atom. The van der Waals surface area contributed by atoms with E-state index in [1.165, 1.54) is 30.1 Å². The van der Waals surface area contributed by atoms with Crippen LogP contribution in [-0.4, -0.2) is 34.4 Å². The summed E-state index contributed by atoms with van der Waals surface area (Å²) in [6.07, 6.45) is 23.6. The van der Waals surface area contributed by atoms with Crippen molar-refractivity contribution in [3.63, 3.8) is 0 Å². The van der Waals surface area contributed by atoms with Crippen LogP contribution in [-0.2, 0) is 14.4 Å². The van der Waals surface area contributed by atoms with E-state index in [1.54, 1.807) is 18.4 Å². The summed E-state index contributed by atoms with van der Waals surface area (Å²) in [5, 5.41) is 6.77. The van der Waals surface area contributed by atoms with Crippen molar-refractivity contribution >= 4 is 23.9 Å². The van der Waals surface area contributed by atoms with Crippen LogP contribution in [0.5, 0.6) is 0 Å². The van der Waals surface area contributed by atoms with Gasteiger partial charge in [0.2, 0.25) is 6.41 Å². The van der Waals surface area contributed by atoms with E-state index in [1.807, 2.05) is 57.2 Å². The quantitative estimate of drug-likeness (QED) is 0.0434. The molecule has 1 aliphatic heterocycles. The fraction of sp³-hybridized carbons (Fsp3) is 0.333. The van der Waals surface area contributed by atoms with Crippen LogP contribution in [0.4, 0.5) is 4.39 Å². The summed E-state index contributed by atoms with van der Waals surface area (Å²) in [7, 11) is 0. The number of hydrogen-bond acceptors (Lipinski definition) is 6. The zero-order valence-corrected chi connectivity index (χ0v) is 25.0. The third kappa shape index (κ3) is 12.8. The van der Waals surface area contributed by atoms with Crippen molar-refractivity contribution < 1.29 is 18.8 Å². The van der Waals surface area contributed by atoms with Crippen LogP contribution in [0.3, 0.4) is 0 Å². The first-order valence-electron chi connectivity index (χ1n) is 13.7. The van der Waals surface area contributed by atoms with Crippen molar-refractivity contribution in [2.24, 2.45) is 15.3 Å². The number of rotatable bonds is 17. The van der Waals surface area contributed by atoms with Crippen LogP contribution in [0.25, 0.3) is 0 Å². The van der Waals surface area contributed by atoms with E-state index in [9.17, 15) is 18.9 Å². The Balaban J connectivity index is 3.34. The standard InChI is InChI=1S/C33H41FN4O4/c1-7-11-15-27(9-3)23-33(6)24-30(37-42-33)28(16-12-8-2)21-22-35-31(17-13-14-18-32(40)36-41)38(25-39)29(10-4)20-19-26(5)34/h7-12,15-16,19-22,25H,3-4,13-14,17-18,23-24H2,1-2,5-6H3/b11-7-,12-8+,22-21+,26-19+,27-15+,28-16+,29-20+,35-31?. The summed E-state index contributed by atoms with van der Waals surface area (Å²) in [4.78, 5) is 45.5. The van der Waals surface area contributed by atoms with Gasteiger partial charge >= 0.3 is 0 Å². The molecule has 0 spiro atoms. The van der Waals surface area contributed by atoms with E-state index in [0.717, 1.165) is 16.9 Å². The monoisotopic (exact) mass is 576 g/mol. The van der Waals surface area contributed by atoms with Gasteiger partial charge in [0.05, 0.1) is 11.5 Å². The Labute approximate surface area is 248 Å². The molecule has 0 radical (unpaired) electrons. The highest BCUT2D eigenvalue weighted by atomic mass is 19.1. The van der Waals surface area contributed by atoms with E-state index >= 15 is 0 Å². The van der Waals surface area contributed by atoms with E-state index in [2.05, 4.69) is 28.5 Å². The maximum atomic E-state index is 13.4. The average molecular weight is 577 g/mol. The van der Waals surface area contributed by atoms with Crippen LogP contribution in [0.15, 0.2) is 124 Å². The van der Waals surface area contributed by atoms with Gasteiger partial charge in [-0.3, -0.25) is 14.5 Å². The number of oxime groups is 1. The summed E-state index contributed by atoms with van der Waals surface area (Å²) in [6, 6.07) is 0. The first-order chi connectivity index (χ1) is 20.2. The molecule has 1 atom stereocenters. The largest absolute Gasteiger partial charge is 0.388 e. The van der Waals surface area contributed by atoms with E-state index < -0.39 is 17.3 Å². The number of amides is 2. The summed E-state index contributed by atoms with van der Waals surface area (Å²) in [5.74, 6) is -0.839. The summed E-state index contributed by atoms with van der Waals surface area (Å²) in [5.41, 5.74) is 2.30. The van der Waals surface area contributed by atoms with Gasteiger partial charge in [-0.05, 0) is 70.4 Å². The van der Waals surface area contributed by atoms with Crippen molar-refractivity contribution in [3.8, 4) is 0 Å². The Bertz CT molecular complexity index is 1260. The van der Waals surface area contributed by atoms with Gasteiger partial charge in [0, 0.05) is 48.3 Å². The lowest BCUT2D eigenvalue weighted by Gasteiger charge is -2.21. The van der Waals surface area contributed by atoms with Crippen molar-refractivity contribution in [1.29, 1.82) is 0 Å². The molecule has 0 aliphatic carbocycles. The Morgan fingerprint density at radius 3 is 2.38 bits per heavy atom. The molecule has 2 amide bonds. The molecule has 0 fully saturated rings. The topological polar surface area (TPSA) is 101 Å². The smallest absolute Gasteiger partial charge is 0.286 e. The lowest BCUT2D eigenvalue weighted by molar-refractivity contribution is -0.118. The van der Waals surface area contributed by atoms with Crippen molar-refractivity contribution in [2.45, 2.75) is 71.8 Å². The fourth-order valence-electron chi connectivity index (χ4n) is 3.91. The Hall–Kier alpha value is -4.53. The molecule has 0 aromatic rings.